The van der Waals surface area contributed by atoms with Gasteiger partial charge in [-0.3, -0.25) is 14.0 Å². The SMILES string of the molecule is CCS(=O)C1CCCC(NC(=NC)NCC(C)(C)C(=O)NC)C1. The van der Waals surface area contributed by atoms with E-state index in [1.165, 1.54) is 0 Å². The molecule has 23 heavy (non-hydrogen) atoms. The molecule has 0 aromatic carbocycles. The van der Waals surface area contributed by atoms with Gasteiger partial charge in [0.2, 0.25) is 5.91 Å². The highest BCUT2D eigenvalue weighted by Crippen LogP contribution is 2.23. The summed E-state index contributed by atoms with van der Waals surface area (Å²) in [6, 6.07) is 0.290. The summed E-state index contributed by atoms with van der Waals surface area (Å²) in [5, 5.41) is 9.61. The van der Waals surface area contributed by atoms with E-state index < -0.39 is 16.2 Å². The second-order valence-electron chi connectivity index (χ2n) is 6.69. The first-order valence-electron chi connectivity index (χ1n) is 8.40. The minimum Gasteiger partial charge on any atom is -0.359 e. The van der Waals surface area contributed by atoms with Crippen molar-refractivity contribution < 1.29 is 9.00 Å². The maximum atomic E-state index is 12.0. The van der Waals surface area contributed by atoms with Crippen LogP contribution in [0.4, 0.5) is 0 Å². The molecule has 3 N–H and O–H groups in total. The van der Waals surface area contributed by atoms with Gasteiger partial charge in [0, 0.05) is 48.5 Å². The first kappa shape index (κ1) is 19.9. The van der Waals surface area contributed by atoms with Crippen molar-refractivity contribution in [2.45, 2.75) is 57.7 Å². The van der Waals surface area contributed by atoms with Crippen LogP contribution in [-0.2, 0) is 15.6 Å². The van der Waals surface area contributed by atoms with Crippen LogP contribution in [0, 0.1) is 5.41 Å². The van der Waals surface area contributed by atoms with Gasteiger partial charge in [-0.05, 0) is 33.1 Å². The Hall–Kier alpha value is -1.11. The van der Waals surface area contributed by atoms with Crippen molar-refractivity contribution in [3.63, 3.8) is 0 Å². The zero-order chi connectivity index (χ0) is 17.5. The van der Waals surface area contributed by atoms with Crippen molar-refractivity contribution in [2.75, 3.05) is 26.4 Å². The third-order valence-corrected chi connectivity index (χ3v) is 6.13. The van der Waals surface area contributed by atoms with Crippen LogP contribution in [0.3, 0.4) is 0 Å². The number of hydrogen-bond acceptors (Lipinski definition) is 3. The van der Waals surface area contributed by atoms with E-state index in [0.717, 1.165) is 31.4 Å². The summed E-state index contributed by atoms with van der Waals surface area (Å²) in [4.78, 5) is 16.1. The normalized spacial score (nSPS) is 24.0. The molecule has 0 aromatic rings. The fraction of sp³-hybridized carbons (Fsp3) is 0.875. The molecule has 1 fully saturated rings. The standard InChI is InChI=1S/C16H32N4O2S/c1-6-23(22)13-9-7-8-12(10-13)20-15(18-5)19-11-16(2,3)14(21)17-4/h12-13H,6-11H2,1-5H3,(H,17,21)(H2,18,19,20). The first-order valence-corrected chi connectivity index (χ1v) is 9.78. The van der Waals surface area contributed by atoms with E-state index in [2.05, 4.69) is 20.9 Å². The Labute approximate surface area is 142 Å². The average molecular weight is 345 g/mol. The summed E-state index contributed by atoms with van der Waals surface area (Å²) >= 11 is 0. The Balaban J connectivity index is 2.53. The zero-order valence-electron chi connectivity index (χ0n) is 15.1. The van der Waals surface area contributed by atoms with Gasteiger partial charge in [0.05, 0.1) is 5.41 Å². The number of amides is 1. The Bertz CT molecular complexity index is 451. The van der Waals surface area contributed by atoms with Crippen LogP contribution < -0.4 is 16.0 Å². The Morgan fingerprint density at radius 2 is 2.04 bits per heavy atom. The molecule has 7 heteroatoms. The number of nitrogens with one attached hydrogen (secondary N) is 3. The summed E-state index contributed by atoms with van der Waals surface area (Å²) in [7, 11) is 2.65. The van der Waals surface area contributed by atoms with Crippen LogP contribution in [0.1, 0.15) is 46.5 Å². The molecule has 1 aliphatic carbocycles. The van der Waals surface area contributed by atoms with Gasteiger partial charge in [-0.1, -0.05) is 13.3 Å². The Morgan fingerprint density at radius 1 is 1.35 bits per heavy atom. The van der Waals surface area contributed by atoms with Crippen molar-refractivity contribution in [2.24, 2.45) is 10.4 Å². The van der Waals surface area contributed by atoms with Crippen molar-refractivity contribution in [1.29, 1.82) is 0 Å². The molecular weight excluding hydrogens is 312 g/mol. The summed E-state index contributed by atoms with van der Waals surface area (Å²) in [6.07, 6.45) is 4.13. The average Bonchev–Trinajstić information content (AvgIpc) is 2.57. The fourth-order valence-corrected chi connectivity index (χ4v) is 4.21. The molecule has 3 atom stereocenters. The number of carbonyl (C=O) groups is 1. The second-order valence-corrected chi connectivity index (χ2v) is 8.69. The van der Waals surface area contributed by atoms with Gasteiger partial charge in [0.1, 0.15) is 0 Å². The molecule has 1 saturated carbocycles. The Morgan fingerprint density at radius 3 is 2.61 bits per heavy atom. The molecule has 0 bridgehead atoms. The molecule has 1 aliphatic rings. The summed E-state index contributed by atoms with van der Waals surface area (Å²) < 4.78 is 12.0. The van der Waals surface area contributed by atoms with E-state index in [1.807, 2.05) is 20.8 Å². The van der Waals surface area contributed by atoms with Gasteiger partial charge in [-0.2, -0.15) is 0 Å². The highest BCUT2D eigenvalue weighted by molar-refractivity contribution is 7.85. The molecule has 0 saturated heterocycles. The van der Waals surface area contributed by atoms with Crippen LogP contribution in [0.2, 0.25) is 0 Å². The molecule has 134 valence electrons. The van der Waals surface area contributed by atoms with Crippen LogP contribution in [-0.4, -0.2) is 53.8 Å². The lowest BCUT2D eigenvalue weighted by atomic mass is 9.92. The van der Waals surface area contributed by atoms with Crippen LogP contribution >= 0.6 is 0 Å². The molecule has 0 heterocycles. The van der Waals surface area contributed by atoms with Crippen molar-refractivity contribution in [3.8, 4) is 0 Å². The number of guanidine groups is 1. The minimum atomic E-state index is -0.729. The summed E-state index contributed by atoms with van der Waals surface area (Å²) in [5.41, 5.74) is -0.509. The van der Waals surface area contributed by atoms with E-state index in [-0.39, 0.29) is 11.2 Å². The molecule has 1 amide bonds. The molecule has 0 radical (unpaired) electrons. The predicted molar refractivity (Wildman–Crippen MR) is 97.1 cm³/mol. The van der Waals surface area contributed by atoms with Gasteiger partial charge in [-0.25, -0.2) is 0 Å². The zero-order valence-corrected chi connectivity index (χ0v) is 15.9. The van der Waals surface area contributed by atoms with Gasteiger partial charge in [-0.15, -0.1) is 0 Å². The lowest BCUT2D eigenvalue weighted by molar-refractivity contribution is -0.128. The number of aliphatic imine (C=N–C) groups is 1. The largest absolute Gasteiger partial charge is 0.359 e. The summed E-state index contributed by atoms with van der Waals surface area (Å²) in [5.74, 6) is 1.43. The predicted octanol–water partition coefficient (Wildman–Crippen LogP) is 1.00. The molecule has 0 aliphatic heterocycles. The van der Waals surface area contributed by atoms with Gasteiger partial charge in [0.15, 0.2) is 5.96 Å². The highest BCUT2D eigenvalue weighted by atomic mass is 32.2. The topological polar surface area (TPSA) is 82.6 Å². The molecule has 3 unspecified atom stereocenters. The molecule has 1 rings (SSSR count). The number of hydrogen-bond donors (Lipinski definition) is 3. The van der Waals surface area contributed by atoms with E-state index in [4.69, 9.17) is 0 Å². The van der Waals surface area contributed by atoms with Crippen LogP contribution in [0.15, 0.2) is 4.99 Å². The van der Waals surface area contributed by atoms with E-state index >= 15 is 0 Å². The molecule has 6 nitrogen and oxygen atoms in total. The van der Waals surface area contributed by atoms with Crippen molar-refractivity contribution >= 4 is 22.7 Å². The smallest absolute Gasteiger partial charge is 0.227 e. The quantitative estimate of drug-likeness (QED) is 0.496. The maximum absolute atomic E-state index is 12.0. The third kappa shape index (κ3) is 6.12. The van der Waals surface area contributed by atoms with Crippen LogP contribution in [0.25, 0.3) is 0 Å². The van der Waals surface area contributed by atoms with Gasteiger partial charge < -0.3 is 16.0 Å². The second kappa shape index (κ2) is 9.25. The lowest BCUT2D eigenvalue weighted by Gasteiger charge is -2.31. The van der Waals surface area contributed by atoms with Crippen molar-refractivity contribution in [1.82, 2.24) is 16.0 Å². The minimum absolute atomic E-state index is 0.00322. The number of rotatable bonds is 6. The Kier molecular flexibility index (Phi) is 8.02. The molecule has 0 spiro atoms. The number of carbonyl (C=O) groups excluding carboxylic acids is 1. The van der Waals surface area contributed by atoms with E-state index in [9.17, 15) is 9.00 Å². The van der Waals surface area contributed by atoms with E-state index in [0.29, 0.717) is 18.5 Å². The summed E-state index contributed by atoms with van der Waals surface area (Å²) in [6.45, 7) is 6.28. The van der Waals surface area contributed by atoms with E-state index in [1.54, 1.807) is 14.1 Å². The monoisotopic (exact) mass is 344 g/mol. The first-order chi connectivity index (χ1) is 10.8. The molecule has 0 aromatic heterocycles. The van der Waals surface area contributed by atoms with Crippen LogP contribution in [0.5, 0.6) is 0 Å². The van der Waals surface area contributed by atoms with Gasteiger partial charge >= 0.3 is 0 Å². The van der Waals surface area contributed by atoms with Gasteiger partial charge in [0.25, 0.3) is 0 Å². The number of nitrogens with zero attached hydrogens (tertiary/aromatic N) is 1. The fourth-order valence-electron chi connectivity index (χ4n) is 2.86. The maximum Gasteiger partial charge on any atom is 0.227 e. The van der Waals surface area contributed by atoms with Crippen molar-refractivity contribution in [3.05, 3.63) is 0 Å². The third-order valence-electron chi connectivity index (χ3n) is 4.39. The molecular formula is C16H32N4O2S. The lowest BCUT2D eigenvalue weighted by Crippen LogP contribution is -2.50. The highest BCUT2D eigenvalue weighted by Gasteiger charge is 2.28.